The largest absolute Gasteiger partial charge is 0.493 e. The average molecular weight is 329 g/mol. The zero-order chi connectivity index (χ0) is 17.5. The Morgan fingerprint density at radius 3 is 2.33 bits per heavy atom. The Labute approximate surface area is 144 Å². The van der Waals surface area contributed by atoms with E-state index in [1.807, 2.05) is 37.3 Å². The third kappa shape index (κ3) is 4.28. The highest BCUT2D eigenvalue weighted by Gasteiger charge is 2.14. The molecule has 1 atom stereocenters. The molecule has 0 fully saturated rings. The molecule has 0 aliphatic heterocycles. The highest BCUT2D eigenvalue weighted by Crippen LogP contribution is 2.36. The fraction of sp³-hybridized carbons (Fsp3) is 0.400. The number of hydrogen-bond donors (Lipinski definition) is 2. The Morgan fingerprint density at radius 2 is 1.71 bits per heavy atom. The second-order valence-electron chi connectivity index (χ2n) is 5.92. The summed E-state index contributed by atoms with van der Waals surface area (Å²) in [4.78, 5) is 0. The predicted molar refractivity (Wildman–Crippen MR) is 97.0 cm³/mol. The van der Waals surface area contributed by atoms with Gasteiger partial charge in [0.15, 0.2) is 11.5 Å². The molecular weight excluding hydrogens is 302 g/mol. The van der Waals surface area contributed by atoms with Gasteiger partial charge in [0.05, 0.1) is 20.3 Å². The smallest absolute Gasteiger partial charge is 0.164 e. The van der Waals surface area contributed by atoms with Gasteiger partial charge in [-0.2, -0.15) is 0 Å². The number of benzene rings is 2. The van der Waals surface area contributed by atoms with Crippen molar-refractivity contribution < 1.29 is 14.6 Å². The van der Waals surface area contributed by atoms with Gasteiger partial charge in [-0.05, 0) is 49.1 Å². The molecule has 4 heteroatoms. The zero-order valence-electron chi connectivity index (χ0n) is 14.9. The SMILES string of the molecule is COc1c(C)cc(CCNCC(O)c2ccccc2)c(C)c1OC. The van der Waals surface area contributed by atoms with Crippen molar-refractivity contribution in [3.8, 4) is 11.5 Å². The van der Waals surface area contributed by atoms with Crippen molar-refractivity contribution in [2.24, 2.45) is 0 Å². The molecule has 24 heavy (non-hydrogen) atoms. The molecule has 0 heterocycles. The van der Waals surface area contributed by atoms with E-state index in [1.54, 1.807) is 14.2 Å². The first-order valence-electron chi connectivity index (χ1n) is 8.23. The lowest BCUT2D eigenvalue weighted by molar-refractivity contribution is 0.175. The molecule has 0 amide bonds. The summed E-state index contributed by atoms with van der Waals surface area (Å²) >= 11 is 0. The summed E-state index contributed by atoms with van der Waals surface area (Å²) in [5.41, 5.74) is 4.33. The van der Waals surface area contributed by atoms with E-state index in [2.05, 4.69) is 18.3 Å². The van der Waals surface area contributed by atoms with E-state index in [9.17, 15) is 5.11 Å². The van der Waals surface area contributed by atoms with E-state index in [4.69, 9.17) is 9.47 Å². The highest BCUT2D eigenvalue weighted by atomic mass is 16.5. The van der Waals surface area contributed by atoms with Crippen LogP contribution in [-0.2, 0) is 6.42 Å². The Bertz CT molecular complexity index is 656. The Balaban J connectivity index is 1.94. The first kappa shape index (κ1) is 18.3. The summed E-state index contributed by atoms with van der Waals surface area (Å²) < 4.78 is 10.9. The number of nitrogens with one attached hydrogen (secondary N) is 1. The minimum Gasteiger partial charge on any atom is -0.493 e. The second-order valence-corrected chi connectivity index (χ2v) is 5.92. The number of hydrogen-bond acceptors (Lipinski definition) is 4. The molecule has 1 unspecified atom stereocenters. The molecule has 2 aromatic carbocycles. The van der Waals surface area contributed by atoms with Crippen molar-refractivity contribution in [1.82, 2.24) is 5.32 Å². The lowest BCUT2D eigenvalue weighted by Crippen LogP contribution is -2.24. The van der Waals surface area contributed by atoms with Gasteiger partial charge in [-0.1, -0.05) is 36.4 Å². The molecule has 130 valence electrons. The fourth-order valence-corrected chi connectivity index (χ4v) is 2.94. The maximum Gasteiger partial charge on any atom is 0.164 e. The monoisotopic (exact) mass is 329 g/mol. The maximum atomic E-state index is 10.2. The second kappa shape index (κ2) is 8.71. The van der Waals surface area contributed by atoms with Gasteiger partial charge < -0.3 is 19.9 Å². The van der Waals surface area contributed by atoms with E-state index in [0.29, 0.717) is 6.54 Å². The standard InChI is InChI=1S/C20H27NO3/c1-14-12-17(15(2)20(24-4)19(14)23-3)10-11-21-13-18(22)16-8-6-5-7-9-16/h5-9,12,18,21-22H,10-11,13H2,1-4H3. The molecule has 4 nitrogen and oxygen atoms in total. The van der Waals surface area contributed by atoms with Gasteiger partial charge >= 0.3 is 0 Å². The van der Waals surface area contributed by atoms with Gasteiger partial charge in [0.2, 0.25) is 0 Å². The summed E-state index contributed by atoms with van der Waals surface area (Å²) in [6.45, 7) is 5.40. The molecule has 0 aliphatic rings. The molecule has 2 rings (SSSR count). The first-order valence-corrected chi connectivity index (χ1v) is 8.23. The predicted octanol–water partition coefficient (Wildman–Crippen LogP) is 3.19. The van der Waals surface area contributed by atoms with E-state index in [-0.39, 0.29) is 0 Å². The van der Waals surface area contributed by atoms with Gasteiger partial charge in [-0.25, -0.2) is 0 Å². The summed E-state index contributed by atoms with van der Waals surface area (Å²) in [6.07, 6.45) is 0.383. The van der Waals surface area contributed by atoms with Crippen LogP contribution in [0, 0.1) is 13.8 Å². The Morgan fingerprint density at radius 1 is 1.04 bits per heavy atom. The summed E-state index contributed by atoms with van der Waals surface area (Å²) in [5, 5.41) is 13.5. The average Bonchev–Trinajstić information content (AvgIpc) is 2.61. The van der Waals surface area contributed by atoms with Crippen LogP contribution in [0.2, 0.25) is 0 Å². The van der Waals surface area contributed by atoms with Crippen molar-refractivity contribution >= 4 is 0 Å². The van der Waals surface area contributed by atoms with Crippen LogP contribution < -0.4 is 14.8 Å². The van der Waals surface area contributed by atoms with E-state index < -0.39 is 6.10 Å². The number of ether oxygens (including phenoxy) is 2. The molecule has 0 spiro atoms. The lowest BCUT2D eigenvalue weighted by atomic mass is 10.0. The van der Waals surface area contributed by atoms with Crippen LogP contribution in [0.1, 0.15) is 28.4 Å². The lowest BCUT2D eigenvalue weighted by Gasteiger charge is -2.17. The van der Waals surface area contributed by atoms with Crippen molar-refractivity contribution in [2.45, 2.75) is 26.4 Å². The van der Waals surface area contributed by atoms with Gasteiger partial charge in [-0.3, -0.25) is 0 Å². The van der Waals surface area contributed by atoms with Crippen LogP contribution in [0.25, 0.3) is 0 Å². The molecule has 0 aliphatic carbocycles. The molecule has 0 bridgehead atoms. The third-order valence-electron chi connectivity index (χ3n) is 4.28. The minimum atomic E-state index is -0.487. The van der Waals surface area contributed by atoms with E-state index in [1.165, 1.54) is 5.56 Å². The van der Waals surface area contributed by atoms with Gasteiger partial charge in [0.1, 0.15) is 0 Å². The van der Waals surface area contributed by atoms with Crippen LogP contribution in [0.15, 0.2) is 36.4 Å². The molecule has 2 aromatic rings. The molecule has 0 aromatic heterocycles. The number of aryl methyl sites for hydroxylation is 1. The third-order valence-corrected chi connectivity index (χ3v) is 4.28. The number of methoxy groups -OCH3 is 2. The van der Waals surface area contributed by atoms with E-state index >= 15 is 0 Å². The van der Waals surface area contributed by atoms with Crippen LogP contribution in [0.5, 0.6) is 11.5 Å². The summed E-state index contributed by atoms with van der Waals surface area (Å²) in [5.74, 6) is 1.60. The quantitative estimate of drug-likeness (QED) is 0.730. The molecular formula is C20H27NO3. The number of rotatable bonds is 8. The first-order chi connectivity index (χ1) is 11.6. The van der Waals surface area contributed by atoms with Crippen molar-refractivity contribution in [1.29, 1.82) is 0 Å². The number of aliphatic hydroxyl groups is 1. The van der Waals surface area contributed by atoms with Crippen LogP contribution >= 0.6 is 0 Å². The topological polar surface area (TPSA) is 50.7 Å². The van der Waals surface area contributed by atoms with Gasteiger partial charge in [0.25, 0.3) is 0 Å². The summed E-state index contributed by atoms with van der Waals surface area (Å²) in [6, 6.07) is 11.9. The molecule has 2 N–H and O–H groups in total. The van der Waals surface area contributed by atoms with Crippen LogP contribution in [-0.4, -0.2) is 32.4 Å². The maximum absolute atomic E-state index is 10.2. The van der Waals surface area contributed by atoms with Crippen molar-refractivity contribution in [3.05, 3.63) is 58.7 Å². The summed E-state index contributed by atoms with van der Waals surface area (Å²) in [7, 11) is 3.33. The normalized spacial score (nSPS) is 12.0. The Kier molecular flexibility index (Phi) is 6.64. The van der Waals surface area contributed by atoms with E-state index in [0.717, 1.165) is 41.2 Å². The van der Waals surface area contributed by atoms with Crippen LogP contribution in [0.3, 0.4) is 0 Å². The fourth-order valence-electron chi connectivity index (χ4n) is 2.94. The van der Waals surface area contributed by atoms with Gasteiger partial charge in [-0.15, -0.1) is 0 Å². The molecule has 0 radical (unpaired) electrons. The van der Waals surface area contributed by atoms with Crippen molar-refractivity contribution in [3.63, 3.8) is 0 Å². The van der Waals surface area contributed by atoms with Crippen molar-refractivity contribution in [2.75, 3.05) is 27.3 Å². The van der Waals surface area contributed by atoms with Crippen LogP contribution in [0.4, 0.5) is 0 Å². The zero-order valence-corrected chi connectivity index (χ0v) is 14.9. The van der Waals surface area contributed by atoms with Gasteiger partial charge in [0, 0.05) is 6.54 Å². The Hall–Kier alpha value is -2.04. The highest BCUT2D eigenvalue weighted by molar-refractivity contribution is 5.54. The number of aliphatic hydroxyl groups excluding tert-OH is 1. The molecule has 0 saturated heterocycles. The molecule has 0 saturated carbocycles. The minimum absolute atomic E-state index is 0.487.